The first-order chi connectivity index (χ1) is 11.6. The smallest absolute Gasteiger partial charge is 0.253 e. The second-order valence-electron chi connectivity index (χ2n) is 6.23. The molecule has 1 fully saturated rings. The maximum Gasteiger partial charge on any atom is 0.253 e. The standard InChI is InChI=1S/C18H27N3O3/c1-14-6-5-10-21(13-14)17(22)12-20-16-8-4-3-7-15(16)18(23)19-9-11-24-2/h3-4,7-8,14,20H,5-6,9-13H2,1-2H3,(H,19,23). The van der Waals surface area contributed by atoms with Gasteiger partial charge in [-0.2, -0.15) is 0 Å². The summed E-state index contributed by atoms with van der Waals surface area (Å²) in [7, 11) is 1.59. The molecule has 1 aliphatic rings. The van der Waals surface area contributed by atoms with Crippen LogP contribution in [0.3, 0.4) is 0 Å². The van der Waals surface area contributed by atoms with Crippen LogP contribution in [0.15, 0.2) is 24.3 Å². The van der Waals surface area contributed by atoms with Crippen molar-refractivity contribution in [3.8, 4) is 0 Å². The van der Waals surface area contributed by atoms with Crippen molar-refractivity contribution < 1.29 is 14.3 Å². The minimum absolute atomic E-state index is 0.0798. The van der Waals surface area contributed by atoms with Crippen LogP contribution in [0.25, 0.3) is 0 Å². The number of nitrogens with one attached hydrogen (secondary N) is 2. The summed E-state index contributed by atoms with van der Waals surface area (Å²) >= 11 is 0. The van der Waals surface area contributed by atoms with E-state index in [9.17, 15) is 9.59 Å². The third-order valence-electron chi connectivity index (χ3n) is 4.20. The summed E-state index contributed by atoms with van der Waals surface area (Å²) in [5.41, 5.74) is 1.21. The van der Waals surface area contributed by atoms with Gasteiger partial charge in [0, 0.05) is 32.4 Å². The normalized spacial score (nSPS) is 17.4. The van der Waals surface area contributed by atoms with Crippen LogP contribution in [0.2, 0.25) is 0 Å². The number of likely N-dealkylation sites (tertiary alicyclic amines) is 1. The zero-order valence-electron chi connectivity index (χ0n) is 14.5. The lowest BCUT2D eigenvalue weighted by Crippen LogP contribution is -2.42. The fourth-order valence-electron chi connectivity index (χ4n) is 2.90. The minimum atomic E-state index is -0.172. The number of para-hydroxylation sites is 1. The van der Waals surface area contributed by atoms with Crippen LogP contribution in [0.5, 0.6) is 0 Å². The summed E-state index contributed by atoms with van der Waals surface area (Å²) in [6, 6.07) is 7.22. The van der Waals surface area contributed by atoms with Gasteiger partial charge in [0.15, 0.2) is 0 Å². The quantitative estimate of drug-likeness (QED) is 0.746. The molecule has 0 radical (unpaired) electrons. The fourth-order valence-corrected chi connectivity index (χ4v) is 2.90. The molecule has 2 rings (SSSR count). The first-order valence-electron chi connectivity index (χ1n) is 8.49. The number of nitrogens with zero attached hydrogens (tertiary/aromatic N) is 1. The van der Waals surface area contributed by atoms with Crippen molar-refractivity contribution in [2.24, 2.45) is 5.92 Å². The zero-order valence-corrected chi connectivity index (χ0v) is 14.5. The third kappa shape index (κ3) is 5.23. The summed E-state index contributed by atoms with van der Waals surface area (Å²) in [6.07, 6.45) is 2.24. The molecule has 24 heavy (non-hydrogen) atoms. The summed E-state index contributed by atoms with van der Waals surface area (Å²) in [6.45, 7) is 4.94. The minimum Gasteiger partial charge on any atom is -0.383 e. The van der Waals surface area contributed by atoms with E-state index in [0.717, 1.165) is 19.5 Å². The molecule has 1 heterocycles. The Morgan fingerprint density at radius 2 is 2.12 bits per heavy atom. The third-order valence-corrected chi connectivity index (χ3v) is 4.20. The first-order valence-corrected chi connectivity index (χ1v) is 8.49. The van der Waals surface area contributed by atoms with Crippen LogP contribution in [0.1, 0.15) is 30.1 Å². The van der Waals surface area contributed by atoms with Crippen molar-refractivity contribution in [1.82, 2.24) is 10.2 Å². The van der Waals surface area contributed by atoms with Crippen LogP contribution < -0.4 is 10.6 Å². The predicted octanol–water partition coefficient (Wildman–Crippen LogP) is 1.73. The van der Waals surface area contributed by atoms with Crippen LogP contribution in [0.4, 0.5) is 5.69 Å². The van der Waals surface area contributed by atoms with Gasteiger partial charge in [-0.3, -0.25) is 9.59 Å². The molecule has 1 atom stereocenters. The van der Waals surface area contributed by atoms with E-state index in [0.29, 0.717) is 30.3 Å². The number of carbonyl (C=O) groups is 2. The van der Waals surface area contributed by atoms with Crippen molar-refractivity contribution >= 4 is 17.5 Å². The van der Waals surface area contributed by atoms with Gasteiger partial charge in [0.2, 0.25) is 5.91 Å². The number of hydrogen-bond donors (Lipinski definition) is 2. The van der Waals surface area contributed by atoms with Gasteiger partial charge in [-0.1, -0.05) is 19.1 Å². The molecule has 1 aromatic carbocycles. The number of piperidine rings is 1. The molecule has 2 N–H and O–H groups in total. The Morgan fingerprint density at radius 3 is 2.88 bits per heavy atom. The average Bonchev–Trinajstić information content (AvgIpc) is 2.60. The zero-order chi connectivity index (χ0) is 17.4. The van der Waals surface area contributed by atoms with Gasteiger partial charge in [0.25, 0.3) is 5.91 Å². The average molecular weight is 333 g/mol. The van der Waals surface area contributed by atoms with Crippen LogP contribution in [-0.4, -0.2) is 56.6 Å². The molecule has 132 valence electrons. The lowest BCUT2D eigenvalue weighted by Gasteiger charge is -2.31. The van der Waals surface area contributed by atoms with E-state index in [4.69, 9.17) is 4.74 Å². The van der Waals surface area contributed by atoms with E-state index < -0.39 is 0 Å². The highest BCUT2D eigenvalue weighted by molar-refractivity contribution is 6.00. The van der Waals surface area contributed by atoms with Crippen molar-refractivity contribution in [3.63, 3.8) is 0 Å². The molecule has 1 saturated heterocycles. The van der Waals surface area contributed by atoms with Crippen molar-refractivity contribution in [2.75, 3.05) is 45.2 Å². The Balaban J connectivity index is 1.92. The number of carbonyl (C=O) groups excluding carboxylic acids is 2. The molecule has 0 aromatic heterocycles. The first kappa shape index (κ1) is 18.3. The molecule has 6 nitrogen and oxygen atoms in total. The van der Waals surface area contributed by atoms with E-state index in [1.54, 1.807) is 13.2 Å². The lowest BCUT2D eigenvalue weighted by molar-refractivity contribution is -0.130. The van der Waals surface area contributed by atoms with Gasteiger partial charge in [0.05, 0.1) is 18.7 Å². The lowest BCUT2D eigenvalue weighted by atomic mass is 10.0. The Labute approximate surface area is 143 Å². The number of hydrogen-bond acceptors (Lipinski definition) is 4. The van der Waals surface area contributed by atoms with Gasteiger partial charge in [0.1, 0.15) is 0 Å². The number of ether oxygens (including phenoxy) is 1. The fraction of sp³-hybridized carbons (Fsp3) is 0.556. The highest BCUT2D eigenvalue weighted by atomic mass is 16.5. The number of methoxy groups -OCH3 is 1. The topological polar surface area (TPSA) is 70.7 Å². The van der Waals surface area contributed by atoms with Crippen molar-refractivity contribution in [3.05, 3.63) is 29.8 Å². The van der Waals surface area contributed by atoms with Gasteiger partial charge in [-0.25, -0.2) is 0 Å². The molecule has 1 unspecified atom stereocenters. The van der Waals surface area contributed by atoms with Gasteiger partial charge < -0.3 is 20.3 Å². The monoisotopic (exact) mass is 333 g/mol. The number of benzene rings is 1. The molecule has 2 amide bonds. The highest BCUT2D eigenvalue weighted by Gasteiger charge is 2.21. The molecule has 1 aliphatic heterocycles. The summed E-state index contributed by atoms with van der Waals surface area (Å²) in [5.74, 6) is 0.465. The molecule has 0 saturated carbocycles. The molecule has 0 aliphatic carbocycles. The van der Waals surface area contributed by atoms with Crippen LogP contribution in [-0.2, 0) is 9.53 Å². The molecule has 6 heteroatoms. The number of rotatable bonds is 7. The largest absolute Gasteiger partial charge is 0.383 e. The highest BCUT2D eigenvalue weighted by Crippen LogP contribution is 2.17. The maximum atomic E-state index is 12.4. The Kier molecular flexibility index (Phi) is 7.06. The van der Waals surface area contributed by atoms with E-state index in [1.807, 2.05) is 23.1 Å². The SMILES string of the molecule is COCCNC(=O)c1ccccc1NCC(=O)N1CCCC(C)C1. The van der Waals surface area contributed by atoms with Gasteiger partial charge in [-0.05, 0) is 30.9 Å². The van der Waals surface area contributed by atoms with Crippen molar-refractivity contribution in [1.29, 1.82) is 0 Å². The molecule has 0 bridgehead atoms. The molecule has 0 spiro atoms. The second kappa shape index (κ2) is 9.27. The van der Waals surface area contributed by atoms with E-state index in [2.05, 4.69) is 17.6 Å². The van der Waals surface area contributed by atoms with E-state index >= 15 is 0 Å². The van der Waals surface area contributed by atoms with Gasteiger partial charge >= 0.3 is 0 Å². The van der Waals surface area contributed by atoms with Crippen molar-refractivity contribution in [2.45, 2.75) is 19.8 Å². The molecular weight excluding hydrogens is 306 g/mol. The van der Waals surface area contributed by atoms with Gasteiger partial charge in [-0.15, -0.1) is 0 Å². The Hall–Kier alpha value is -2.08. The van der Waals surface area contributed by atoms with Crippen LogP contribution in [0, 0.1) is 5.92 Å². The summed E-state index contributed by atoms with van der Waals surface area (Å²) < 4.78 is 4.93. The Morgan fingerprint density at radius 1 is 1.33 bits per heavy atom. The number of anilines is 1. The summed E-state index contributed by atoms with van der Waals surface area (Å²) in [5, 5.41) is 5.91. The summed E-state index contributed by atoms with van der Waals surface area (Å²) in [4.78, 5) is 26.5. The maximum absolute atomic E-state index is 12.4. The second-order valence-corrected chi connectivity index (χ2v) is 6.23. The molecule has 1 aromatic rings. The predicted molar refractivity (Wildman–Crippen MR) is 94.1 cm³/mol. The molecular formula is C18H27N3O3. The van der Waals surface area contributed by atoms with E-state index in [1.165, 1.54) is 6.42 Å². The Bertz CT molecular complexity index is 562. The van der Waals surface area contributed by atoms with Crippen LogP contribution >= 0.6 is 0 Å². The van der Waals surface area contributed by atoms with E-state index in [-0.39, 0.29) is 18.4 Å². The number of amides is 2.